The van der Waals surface area contributed by atoms with Crippen molar-refractivity contribution in [3.05, 3.63) is 40.2 Å². The van der Waals surface area contributed by atoms with Gasteiger partial charge in [0.25, 0.3) is 11.6 Å². The highest BCUT2D eigenvalue weighted by Gasteiger charge is 2.20. The van der Waals surface area contributed by atoms with Gasteiger partial charge in [0.1, 0.15) is 5.69 Å². The third-order valence-corrected chi connectivity index (χ3v) is 2.52. The van der Waals surface area contributed by atoms with Crippen LogP contribution in [0.1, 0.15) is 30.4 Å². The summed E-state index contributed by atoms with van der Waals surface area (Å²) in [6, 6.07) is 1.25. The fourth-order valence-electron chi connectivity index (χ4n) is 1.60. The highest BCUT2D eigenvalue weighted by Crippen LogP contribution is 2.20. The first-order valence-corrected chi connectivity index (χ1v) is 5.97. The number of carbonyl (C=O) groups is 1. The number of amides is 1. The summed E-state index contributed by atoms with van der Waals surface area (Å²) < 4.78 is 1.58. The molecule has 19 heavy (non-hydrogen) atoms. The van der Waals surface area contributed by atoms with Gasteiger partial charge in [-0.05, 0) is 13.8 Å². The van der Waals surface area contributed by atoms with E-state index in [1.807, 2.05) is 13.8 Å². The zero-order valence-electron chi connectivity index (χ0n) is 11.0. The maximum Gasteiger partial charge on any atom is 0.287 e. The monoisotopic (exact) mass is 266 g/mol. The zero-order chi connectivity index (χ0) is 14.4. The minimum absolute atomic E-state index is 0.0333. The molecule has 1 amide bonds. The van der Waals surface area contributed by atoms with E-state index in [0.717, 1.165) is 0 Å². The van der Waals surface area contributed by atoms with Gasteiger partial charge in [-0.3, -0.25) is 14.9 Å². The van der Waals surface area contributed by atoms with Crippen LogP contribution in [0.2, 0.25) is 0 Å². The Morgan fingerprint density at radius 3 is 2.79 bits per heavy atom. The van der Waals surface area contributed by atoms with Crippen molar-refractivity contribution in [2.75, 3.05) is 13.1 Å². The lowest BCUT2D eigenvalue weighted by Gasteiger charge is -2.11. The van der Waals surface area contributed by atoms with Gasteiger partial charge in [0.05, 0.1) is 11.1 Å². The van der Waals surface area contributed by atoms with E-state index in [1.54, 1.807) is 16.7 Å². The third-order valence-electron chi connectivity index (χ3n) is 2.52. The second-order valence-corrected chi connectivity index (χ2v) is 4.26. The van der Waals surface area contributed by atoms with Crippen LogP contribution in [-0.2, 0) is 0 Å². The number of hydrogen-bond donors (Lipinski definition) is 2. The van der Waals surface area contributed by atoms with Crippen LogP contribution in [0.5, 0.6) is 0 Å². The van der Waals surface area contributed by atoms with Crippen LogP contribution in [0, 0.1) is 10.1 Å². The number of hydrogen-bond acceptors (Lipinski definition) is 4. The molecule has 0 aliphatic rings. The standard InChI is InChI=1S/C12H18N4O3/c1-9(2)15-8-10(16(18)19)7-11(15)12(17)14-6-4-3-5-13/h3-4,7-9H,5-6,13H2,1-2H3,(H,14,17)/b4-3+. The van der Waals surface area contributed by atoms with E-state index < -0.39 is 4.92 Å². The highest BCUT2D eigenvalue weighted by atomic mass is 16.6. The molecule has 0 radical (unpaired) electrons. The normalized spacial score (nSPS) is 11.2. The highest BCUT2D eigenvalue weighted by molar-refractivity contribution is 5.93. The van der Waals surface area contributed by atoms with Crippen molar-refractivity contribution in [3.8, 4) is 0 Å². The van der Waals surface area contributed by atoms with Gasteiger partial charge in [-0.1, -0.05) is 12.2 Å². The summed E-state index contributed by atoms with van der Waals surface area (Å²) in [7, 11) is 0. The molecule has 0 aromatic carbocycles. The van der Waals surface area contributed by atoms with Crippen LogP contribution in [-0.4, -0.2) is 28.5 Å². The van der Waals surface area contributed by atoms with Crippen molar-refractivity contribution in [1.82, 2.24) is 9.88 Å². The van der Waals surface area contributed by atoms with E-state index in [4.69, 9.17) is 5.73 Å². The van der Waals surface area contributed by atoms with Crippen molar-refractivity contribution in [3.63, 3.8) is 0 Å². The number of carbonyl (C=O) groups excluding carboxylic acids is 1. The molecule has 0 saturated carbocycles. The molecule has 0 fully saturated rings. The van der Waals surface area contributed by atoms with Crippen molar-refractivity contribution in [1.29, 1.82) is 0 Å². The summed E-state index contributed by atoms with van der Waals surface area (Å²) in [6.07, 6.45) is 4.83. The van der Waals surface area contributed by atoms with Crippen LogP contribution >= 0.6 is 0 Å². The Labute approximate surface area is 111 Å². The second-order valence-electron chi connectivity index (χ2n) is 4.26. The van der Waals surface area contributed by atoms with E-state index in [-0.39, 0.29) is 23.3 Å². The van der Waals surface area contributed by atoms with E-state index in [1.165, 1.54) is 12.3 Å². The van der Waals surface area contributed by atoms with Crippen LogP contribution in [0.25, 0.3) is 0 Å². The molecule has 1 aromatic rings. The number of nitro groups is 1. The van der Waals surface area contributed by atoms with Crippen LogP contribution in [0.15, 0.2) is 24.4 Å². The maximum atomic E-state index is 11.9. The van der Waals surface area contributed by atoms with Crippen LogP contribution in [0.3, 0.4) is 0 Å². The molecule has 7 heteroatoms. The number of nitrogens with two attached hydrogens (primary N) is 1. The Hall–Kier alpha value is -2.15. The molecule has 0 aliphatic heterocycles. The zero-order valence-corrected chi connectivity index (χ0v) is 11.0. The smallest absolute Gasteiger partial charge is 0.287 e. The summed E-state index contributed by atoms with van der Waals surface area (Å²) in [5, 5.41) is 13.4. The lowest BCUT2D eigenvalue weighted by atomic mass is 10.3. The maximum absolute atomic E-state index is 11.9. The van der Waals surface area contributed by atoms with Gasteiger partial charge in [-0.15, -0.1) is 0 Å². The fraction of sp³-hybridized carbons (Fsp3) is 0.417. The van der Waals surface area contributed by atoms with E-state index >= 15 is 0 Å². The van der Waals surface area contributed by atoms with Gasteiger partial charge < -0.3 is 15.6 Å². The molecule has 0 saturated heterocycles. The largest absolute Gasteiger partial charge is 0.347 e. The average Bonchev–Trinajstić information content (AvgIpc) is 2.79. The quantitative estimate of drug-likeness (QED) is 0.459. The minimum atomic E-state index is -0.510. The van der Waals surface area contributed by atoms with Crippen molar-refractivity contribution in [2.45, 2.75) is 19.9 Å². The fourth-order valence-corrected chi connectivity index (χ4v) is 1.60. The Morgan fingerprint density at radius 2 is 2.26 bits per heavy atom. The molecule has 0 atom stereocenters. The lowest BCUT2D eigenvalue weighted by molar-refractivity contribution is -0.384. The number of rotatable bonds is 6. The van der Waals surface area contributed by atoms with Gasteiger partial charge in [-0.25, -0.2) is 0 Å². The lowest BCUT2D eigenvalue weighted by Crippen LogP contribution is -2.26. The van der Waals surface area contributed by atoms with Crippen LogP contribution in [0.4, 0.5) is 5.69 Å². The van der Waals surface area contributed by atoms with Crippen molar-refractivity contribution in [2.24, 2.45) is 5.73 Å². The van der Waals surface area contributed by atoms with Crippen molar-refractivity contribution < 1.29 is 9.72 Å². The third kappa shape index (κ3) is 3.92. The Kier molecular flexibility index (Phi) is 5.25. The molecule has 104 valence electrons. The molecular weight excluding hydrogens is 248 g/mol. The number of aromatic nitrogens is 1. The molecular formula is C12H18N4O3. The molecule has 1 rings (SSSR count). The molecule has 0 aliphatic carbocycles. The van der Waals surface area contributed by atoms with Gasteiger partial charge in [-0.2, -0.15) is 0 Å². The summed E-state index contributed by atoms with van der Waals surface area (Å²) in [5.74, 6) is -0.344. The molecule has 0 unspecified atom stereocenters. The molecule has 0 bridgehead atoms. The molecule has 3 N–H and O–H groups in total. The number of nitrogens with zero attached hydrogens (tertiary/aromatic N) is 2. The van der Waals surface area contributed by atoms with Gasteiger partial charge in [0.2, 0.25) is 0 Å². The topological polar surface area (TPSA) is 103 Å². The van der Waals surface area contributed by atoms with E-state index in [0.29, 0.717) is 13.1 Å². The number of nitrogens with one attached hydrogen (secondary N) is 1. The van der Waals surface area contributed by atoms with Gasteiger partial charge in [0.15, 0.2) is 0 Å². The Balaban J connectivity index is 2.88. The summed E-state index contributed by atoms with van der Waals surface area (Å²) in [4.78, 5) is 22.2. The predicted octanol–water partition coefficient (Wildman–Crippen LogP) is 1.22. The van der Waals surface area contributed by atoms with E-state index in [9.17, 15) is 14.9 Å². The summed E-state index contributed by atoms with van der Waals surface area (Å²) in [6.45, 7) is 4.46. The van der Waals surface area contributed by atoms with Gasteiger partial charge in [0, 0.05) is 25.2 Å². The second kappa shape index (κ2) is 6.69. The summed E-state index contributed by atoms with van der Waals surface area (Å²) in [5.41, 5.74) is 5.47. The molecule has 1 aromatic heterocycles. The molecule has 7 nitrogen and oxygen atoms in total. The molecule has 0 spiro atoms. The Morgan fingerprint density at radius 1 is 1.58 bits per heavy atom. The van der Waals surface area contributed by atoms with Crippen molar-refractivity contribution >= 4 is 11.6 Å². The Bertz CT molecular complexity index is 491. The van der Waals surface area contributed by atoms with Gasteiger partial charge >= 0.3 is 0 Å². The first kappa shape index (κ1) is 14.9. The predicted molar refractivity (Wildman–Crippen MR) is 72.0 cm³/mol. The van der Waals surface area contributed by atoms with E-state index in [2.05, 4.69) is 5.32 Å². The SMILES string of the molecule is CC(C)n1cc([N+](=O)[O-])cc1C(=O)NC/C=C/CN. The molecule has 1 heterocycles. The van der Waals surface area contributed by atoms with Crippen LogP contribution < -0.4 is 11.1 Å². The first-order valence-electron chi connectivity index (χ1n) is 5.97. The first-order chi connectivity index (χ1) is 8.97. The minimum Gasteiger partial charge on any atom is -0.347 e. The summed E-state index contributed by atoms with van der Waals surface area (Å²) >= 11 is 0. The average molecular weight is 266 g/mol.